The molecule has 0 unspecified atom stereocenters. The van der Waals surface area contributed by atoms with Gasteiger partial charge in [-0.1, -0.05) is 30.8 Å². The molecule has 110 valence electrons. The molecule has 0 bridgehead atoms. The van der Waals surface area contributed by atoms with Gasteiger partial charge in [-0.2, -0.15) is 0 Å². The Morgan fingerprint density at radius 1 is 1.43 bits per heavy atom. The normalized spacial score (nSPS) is 24.0. The van der Waals surface area contributed by atoms with Crippen molar-refractivity contribution in [1.29, 1.82) is 0 Å². The van der Waals surface area contributed by atoms with Gasteiger partial charge in [0.1, 0.15) is 5.92 Å². The average Bonchev–Trinajstić information content (AvgIpc) is 2.46. The van der Waals surface area contributed by atoms with Crippen molar-refractivity contribution in [3.8, 4) is 0 Å². The van der Waals surface area contributed by atoms with Crippen LogP contribution in [0.5, 0.6) is 0 Å². The monoisotopic (exact) mass is 303 g/mol. The van der Waals surface area contributed by atoms with Crippen molar-refractivity contribution in [3.63, 3.8) is 0 Å². The molecule has 0 fully saturated rings. The van der Waals surface area contributed by atoms with Crippen LogP contribution in [0.3, 0.4) is 0 Å². The summed E-state index contributed by atoms with van der Waals surface area (Å²) in [7, 11) is 0. The molecule has 21 heavy (non-hydrogen) atoms. The Morgan fingerprint density at radius 2 is 2.19 bits per heavy atom. The lowest BCUT2D eigenvalue weighted by atomic mass is 9.81. The fourth-order valence-electron chi connectivity index (χ4n) is 2.80. The molecule has 3 rings (SSSR count). The molecule has 0 saturated carbocycles. The second-order valence-electron chi connectivity index (χ2n) is 5.31. The Labute approximate surface area is 127 Å². The molecule has 0 amide bonds. The maximum Gasteiger partial charge on any atom is 0.317 e. The maximum absolute atomic E-state index is 12.7. The van der Waals surface area contributed by atoms with E-state index in [1.165, 1.54) is 11.8 Å². The number of nitrogens with one attached hydrogen (secondary N) is 1. The predicted molar refractivity (Wildman–Crippen MR) is 81.9 cm³/mol. The number of Topliss-reactive ketones (excluding diaryl/α,β-unsaturated/α-hetero) is 1. The van der Waals surface area contributed by atoms with E-state index in [2.05, 4.69) is 5.32 Å². The third-order valence-electron chi connectivity index (χ3n) is 3.80. The number of anilines is 1. The molecular formula is C16H17NO3S. The summed E-state index contributed by atoms with van der Waals surface area (Å²) < 4.78 is 5.06. The number of carbonyl (C=O) groups excluding carboxylic acids is 2. The molecule has 1 heterocycles. The molecule has 2 atom stereocenters. The van der Waals surface area contributed by atoms with E-state index in [-0.39, 0.29) is 11.7 Å². The lowest BCUT2D eigenvalue weighted by Gasteiger charge is -2.33. The van der Waals surface area contributed by atoms with Crippen LogP contribution in [0.4, 0.5) is 5.69 Å². The van der Waals surface area contributed by atoms with E-state index in [4.69, 9.17) is 4.74 Å². The van der Waals surface area contributed by atoms with Gasteiger partial charge >= 0.3 is 5.97 Å². The molecule has 0 aromatic heterocycles. The van der Waals surface area contributed by atoms with Gasteiger partial charge in [0, 0.05) is 10.6 Å². The zero-order valence-corrected chi connectivity index (χ0v) is 12.8. The molecule has 0 radical (unpaired) electrons. The van der Waals surface area contributed by atoms with Gasteiger partial charge in [-0.3, -0.25) is 9.59 Å². The molecule has 1 aromatic carbocycles. The summed E-state index contributed by atoms with van der Waals surface area (Å²) in [6.45, 7) is 3.99. The number of ether oxygens (including phenoxy) is 1. The molecule has 1 aliphatic heterocycles. The summed E-state index contributed by atoms with van der Waals surface area (Å²) in [5, 5.41) is 3.34. The summed E-state index contributed by atoms with van der Waals surface area (Å²) in [4.78, 5) is 26.4. The van der Waals surface area contributed by atoms with Crippen LogP contribution < -0.4 is 5.32 Å². The summed E-state index contributed by atoms with van der Waals surface area (Å²) in [6.07, 6.45) is 0.686. The van der Waals surface area contributed by atoms with E-state index in [0.717, 1.165) is 16.3 Å². The first kappa shape index (κ1) is 14.2. The number of esters is 1. The Hall–Kier alpha value is -1.75. The van der Waals surface area contributed by atoms with E-state index in [1.807, 2.05) is 31.2 Å². The van der Waals surface area contributed by atoms with Crippen LogP contribution in [-0.4, -0.2) is 18.4 Å². The highest BCUT2D eigenvalue weighted by molar-refractivity contribution is 8.04. The second kappa shape index (κ2) is 5.56. The smallest absolute Gasteiger partial charge is 0.317 e. The fourth-order valence-corrected chi connectivity index (χ4v) is 3.88. The molecule has 1 aromatic rings. The maximum atomic E-state index is 12.7. The van der Waals surface area contributed by atoms with Crippen molar-refractivity contribution in [2.75, 3.05) is 11.9 Å². The summed E-state index contributed by atoms with van der Waals surface area (Å²) >= 11 is 1.45. The van der Waals surface area contributed by atoms with E-state index >= 15 is 0 Å². The standard InChI is InChI=1S/C16H17NO3S/c1-3-20-16(19)13-9(2)8-11-15(14(13)18)21-12-7-5-4-6-10(12)17-11/h4-7,9,13,17H,3,8H2,1-2H3/t9-,13+/m1/s1. The van der Waals surface area contributed by atoms with Crippen LogP contribution in [-0.2, 0) is 14.3 Å². The first-order valence-corrected chi connectivity index (χ1v) is 7.91. The van der Waals surface area contributed by atoms with Gasteiger partial charge in [-0.15, -0.1) is 0 Å². The van der Waals surface area contributed by atoms with Crippen molar-refractivity contribution in [2.45, 2.75) is 25.2 Å². The minimum Gasteiger partial charge on any atom is -0.465 e. The van der Waals surface area contributed by atoms with Crippen LogP contribution in [0.15, 0.2) is 39.8 Å². The largest absolute Gasteiger partial charge is 0.465 e. The van der Waals surface area contributed by atoms with Gasteiger partial charge in [-0.05, 0) is 31.4 Å². The Bertz CT molecular complexity index is 638. The summed E-state index contributed by atoms with van der Waals surface area (Å²) in [6, 6.07) is 7.88. The van der Waals surface area contributed by atoms with E-state index < -0.39 is 11.9 Å². The van der Waals surface area contributed by atoms with Crippen molar-refractivity contribution in [2.24, 2.45) is 11.8 Å². The second-order valence-corrected chi connectivity index (χ2v) is 6.36. The number of hydrogen-bond acceptors (Lipinski definition) is 5. The van der Waals surface area contributed by atoms with Crippen LogP contribution in [0, 0.1) is 11.8 Å². The summed E-state index contributed by atoms with van der Waals surface area (Å²) in [5.41, 5.74) is 1.95. The van der Waals surface area contributed by atoms with Gasteiger partial charge in [0.15, 0.2) is 5.78 Å². The van der Waals surface area contributed by atoms with Gasteiger partial charge in [-0.25, -0.2) is 0 Å². The fraction of sp³-hybridized carbons (Fsp3) is 0.375. The zero-order chi connectivity index (χ0) is 15.0. The molecule has 0 spiro atoms. The zero-order valence-electron chi connectivity index (χ0n) is 12.0. The molecule has 4 nitrogen and oxygen atoms in total. The number of thioether (sulfide) groups is 1. The molecule has 2 aliphatic rings. The third-order valence-corrected chi connectivity index (χ3v) is 5.03. The number of benzene rings is 1. The predicted octanol–water partition coefficient (Wildman–Crippen LogP) is 3.20. The van der Waals surface area contributed by atoms with Gasteiger partial charge < -0.3 is 10.1 Å². The van der Waals surface area contributed by atoms with Crippen molar-refractivity contribution < 1.29 is 14.3 Å². The van der Waals surface area contributed by atoms with Crippen LogP contribution in [0.1, 0.15) is 20.3 Å². The van der Waals surface area contributed by atoms with E-state index in [9.17, 15) is 9.59 Å². The van der Waals surface area contributed by atoms with Crippen LogP contribution in [0.25, 0.3) is 0 Å². The molecule has 0 saturated heterocycles. The number of para-hydroxylation sites is 1. The van der Waals surface area contributed by atoms with Crippen molar-refractivity contribution in [3.05, 3.63) is 34.9 Å². The quantitative estimate of drug-likeness (QED) is 0.671. The average molecular weight is 303 g/mol. The third kappa shape index (κ3) is 2.46. The Balaban J connectivity index is 1.92. The van der Waals surface area contributed by atoms with E-state index in [1.54, 1.807) is 6.92 Å². The van der Waals surface area contributed by atoms with Crippen molar-refractivity contribution in [1.82, 2.24) is 0 Å². The molecule has 5 heteroatoms. The lowest BCUT2D eigenvalue weighted by Crippen LogP contribution is -2.37. The highest BCUT2D eigenvalue weighted by atomic mass is 32.2. The summed E-state index contributed by atoms with van der Waals surface area (Å²) in [5.74, 6) is -1.24. The van der Waals surface area contributed by atoms with E-state index in [0.29, 0.717) is 17.9 Å². The minimum atomic E-state index is -0.678. The topological polar surface area (TPSA) is 55.4 Å². The van der Waals surface area contributed by atoms with Crippen LogP contribution >= 0.6 is 11.8 Å². The molecule has 1 aliphatic carbocycles. The van der Waals surface area contributed by atoms with Gasteiger partial charge in [0.2, 0.25) is 0 Å². The number of allylic oxidation sites excluding steroid dienone is 2. The molecular weight excluding hydrogens is 286 g/mol. The van der Waals surface area contributed by atoms with Gasteiger partial charge in [0.05, 0.1) is 17.2 Å². The highest BCUT2D eigenvalue weighted by Gasteiger charge is 2.42. The number of hydrogen-bond donors (Lipinski definition) is 1. The first-order valence-electron chi connectivity index (χ1n) is 7.09. The lowest BCUT2D eigenvalue weighted by molar-refractivity contribution is -0.152. The Morgan fingerprint density at radius 3 is 2.95 bits per heavy atom. The Kier molecular flexibility index (Phi) is 3.76. The number of fused-ring (bicyclic) bond motifs is 1. The number of rotatable bonds is 2. The number of ketones is 1. The molecule has 1 N–H and O–H groups in total. The minimum absolute atomic E-state index is 0.0475. The van der Waals surface area contributed by atoms with Crippen molar-refractivity contribution >= 4 is 29.2 Å². The van der Waals surface area contributed by atoms with Crippen LogP contribution in [0.2, 0.25) is 0 Å². The first-order chi connectivity index (χ1) is 10.1. The SMILES string of the molecule is CCOC(=O)[C@@H]1C(=O)C2=C(C[C@H]1C)Nc1ccccc1S2. The highest BCUT2D eigenvalue weighted by Crippen LogP contribution is 2.46. The number of carbonyl (C=O) groups is 2. The van der Waals surface area contributed by atoms with Gasteiger partial charge in [0.25, 0.3) is 0 Å².